The van der Waals surface area contributed by atoms with E-state index in [1.807, 2.05) is 48.5 Å². The summed E-state index contributed by atoms with van der Waals surface area (Å²) in [5.41, 5.74) is 4.29. The Balaban J connectivity index is 1.35. The van der Waals surface area contributed by atoms with E-state index in [-0.39, 0.29) is 0 Å². The summed E-state index contributed by atoms with van der Waals surface area (Å²) >= 11 is 0. The van der Waals surface area contributed by atoms with Crippen LogP contribution in [-0.2, 0) is 0 Å². The Morgan fingerprint density at radius 1 is 0.767 bits per heavy atom. The van der Waals surface area contributed by atoms with Gasteiger partial charge in [-0.1, -0.05) is 72.8 Å². The van der Waals surface area contributed by atoms with Gasteiger partial charge in [0.15, 0.2) is 0 Å². The van der Waals surface area contributed by atoms with Crippen molar-refractivity contribution in [3.8, 4) is 17.2 Å². The molecule has 0 radical (unpaired) electrons. The summed E-state index contributed by atoms with van der Waals surface area (Å²) in [6.45, 7) is 4.24. The van der Waals surface area contributed by atoms with Crippen LogP contribution in [0.5, 0.6) is 0 Å². The number of aliphatic hydroxyl groups excluding tert-OH is 1. The Morgan fingerprint density at radius 2 is 1.33 bits per heavy atom. The normalized spacial score (nSPS) is 16.6. The number of rotatable bonds is 6. The largest absolute Gasteiger partial charge is 0.387 e. The van der Waals surface area contributed by atoms with Gasteiger partial charge in [-0.2, -0.15) is 5.26 Å². The van der Waals surface area contributed by atoms with E-state index < -0.39 is 12.0 Å². The molecule has 152 valence electrons. The zero-order chi connectivity index (χ0) is 20.8. The van der Waals surface area contributed by atoms with Crippen LogP contribution in [0.2, 0.25) is 0 Å². The van der Waals surface area contributed by atoms with Crippen molar-refractivity contribution in [3.63, 3.8) is 0 Å². The third-order valence-corrected chi connectivity index (χ3v) is 5.85. The van der Waals surface area contributed by atoms with E-state index in [1.54, 1.807) is 0 Å². The van der Waals surface area contributed by atoms with Gasteiger partial charge in [0.2, 0.25) is 0 Å². The first-order valence-electron chi connectivity index (χ1n) is 10.5. The Hall–Kier alpha value is -3.13. The van der Waals surface area contributed by atoms with Crippen LogP contribution in [0.25, 0.3) is 11.1 Å². The molecule has 30 heavy (non-hydrogen) atoms. The molecule has 3 aromatic rings. The lowest BCUT2D eigenvalue weighted by atomic mass is 9.94. The standard InChI is InChI=1S/C26H27N3O/c27-19-24(20-28-15-17-29(18-16-28)25-9-5-2-6-10-25)26(30)23-13-11-22(12-14-23)21-7-3-1-4-8-21/h1-14,24,26,30H,15-18,20H2. The van der Waals surface area contributed by atoms with Crippen molar-refractivity contribution in [1.82, 2.24) is 4.90 Å². The number of hydrogen-bond acceptors (Lipinski definition) is 4. The lowest BCUT2D eigenvalue weighted by Gasteiger charge is -2.37. The van der Waals surface area contributed by atoms with Crippen LogP contribution in [0.3, 0.4) is 0 Å². The lowest BCUT2D eigenvalue weighted by molar-refractivity contribution is 0.104. The van der Waals surface area contributed by atoms with Gasteiger partial charge in [-0.25, -0.2) is 0 Å². The number of hydrogen-bond donors (Lipinski definition) is 1. The highest BCUT2D eigenvalue weighted by molar-refractivity contribution is 5.63. The van der Waals surface area contributed by atoms with E-state index in [2.05, 4.69) is 52.3 Å². The average molecular weight is 398 g/mol. The van der Waals surface area contributed by atoms with E-state index >= 15 is 0 Å². The SMILES string of the molecule is N#CC(CN1CCN(c2ccccc2)CC1)C(O)c1ccc(-c2ccccc2)cc1. The summed E-state index contributed by atoms with van der Waals surface area (Å²) in [6.07, 6.45) is -0.785. The fraction of sp³-hybridized carbons (Fsp3) is 0.269. The minimum Gasteiger partial charge on any atom is -0.387 e. The van der Waals surface area contributed by atoms with Crippen molar-refractivity contribution < 1.29 is 5.11 Å². The first kappa shape index (κ1) is 20.2. The number of piperazine rings is 1. The Morgan fingerprint density at radius 3 is 1.93 bits per heavy atom. The average Bonchev–Trinajstić information content (AvgIpc) is 2.84. The maximum absolute atomic E-state index is 10.8. The van der Waals surface area contributed by atoms with Crippen molar-refractivity contribution in [2.24, 2.45) is 5.92 Å². The fourth-order valence-corrected chi connectivity index (χ4v) is 4.05. The van der Waals surface area contributed by atoms with Crippen LogP contribution in [0.4, 0.5) is 5.69 Å². The molecule has 0 bridgehead atoms. The summed E-state index contributed by atoms with van der Waals surface area (Å²) in [7, 11) is 0. The predicted octanol–water partition coefficient (Wildman–Crippen LogP) is 4.35. The number of benzene rings is 3. The molecule has 1 heterocycles. The van der Waals surface area contributed by atoms with Gasteiger partial charge >= 0.3 is 0 Å². The summed E-state index contributed by atoms with van der Waals surface area (Å²) < 4.78 is 0. The Kier molecular flexibility index (Phi) is 6.44. The van der Waals surface area contributed by atoms with E-state index in [0.717, 1.165) is 42.9 Å². The number of para-hydroxylation sites is 1. The van der Waals surface area contributed by atoms with Gasteiger partial charge in [-0.3, -0.25) is 4.90 Å². The maximum Gasteiger partial charge on any atom is 0.0960 e. The second kappa shape index (κ2) is 9.58. The molecule has 2 atom stereocenters. The third kappa shape index (κ3) is 4.71. The van der Waals surface area contributed by atoms with Gasteiger partial charge in [-0.15, -0.1) is 0 Å². The third-order valence-electron chi connectivity index (χ3n) is 5.85. The van der Waals surface area contributed by atoms with Crippen molar-refractivity contribution in [2.75, 3.05) is 37.6 Å². The van der Waals surface area contributed by atoms with E-state index in [1.165, 1.54) is 5.69 Å². The van der Waals surface area contributed by atoms with Gasteiger partial charge in [0.25, 0.3) is 0 Å². The number of nitrogens with zero attached hydrogens (tertiary/aromatic N) is 3. The maximum atomic E-state index is 10.8. The molecule has 0 aromatic heterocycles. The zero-order valence-electron chi connectivity index (χ0n) is 17.1. The highest BCUT2D eigenvalue weighted by Gasteiger charge is 2.26. The molecule has 3 aromatic carbocycles. The van der Waals surface area contributed by atoms with Crippen molar-refractivity contribution in [1.29, 1.82) is 5.26 Å². The smallest absolute Gasteiger partial charge is 0.0960 e. The van der Waals surface area contributed by atoms with Gasteiger partial charge < -0.3 is 10.0 Å². The van der Waals surface area contributed by atoms with Gasteiger partial charge in [0.05, 0.1) is 18.1 Å². The van der Waals surface area contributed by atoms with Crippen molar-refractivity contribution in [2.45, 2.75) is 6.10 Å². The van der Waals surface area contributed by atoms with Crippen LogP contribution in [0.1, 0.15) is 11.7 Å². The second-order valence-corrected chi connectivity index (χ2v) is 7.79. The number of aliphatic hydroxyl groups is 1. The summed E-state index contributed by atoms with van der Waals surface area (Å²) in [5.74, 6) is -0.448. The van der Waals surface area contributed by atoms with E-state index in [0.29, 0.717) is 6.54 Å². The van der Waals surface area contributed by atoms with Crippen LogP contribution in [-0.4, -0.2) is 42.7 Å². The monoisotopic (exact) mass is 397 g/mol. The Bertz CT molecular complexity index is 959. The molecule has 1 saturated heterocycles. The lowest BCUT2D eigenvalue weighted by Crippen LogP contribution is -2.48. The summed E-state index contributed by atoms with van der Waals surface area (Å²) in [6, 6.07) is 30.8. The Labute approximate surface area is 178 Å². The predicted molar refractivity (Wildman–Crippen MR) is 121 cm³/mol. The highest BCUT2D eigenvalue weighted by atomic mass is 16.3. The highest BCUT2D eigenvalue weighted by Crippen LogP contribution is 2.27. The molecule has 0 aliphatic carbocycles. The molecular weight excluding hydrogens is 370 g/mol. The molecule has 1 N–H and O–H groups in total. The van der Waals surface area contributed by atoms with Crippen molar-refractivity contribution in [3.05, 3.63) is 90.5 Å². The molecular formula is C26H27N3O. The second-order valence-electron chi connectivity index (χ2n) is 7.79. The molecule has 2 unspecified atom stereocenters. The minimum atomic E-state index is -0.785. The minimum absolute atomic E-state index is 0.448. The first-order chi connectivity index (χ1) is 14.7. The molecule has 1 aliphatic rings. The van der Waals surface area contributed by atoms with Crippen LogP contribution in [0, 0.1) is 17.2 Å². The fourth-order valence-electron chi connectivity index (χ4n) is 4.05. The van der Waals surface area contributed by atoms with Crippen LogP contribution in [0.15, 0.2) is 84.9 Å². The van der Waals surface area contributed by atoms with E-state index in [9.17, 15) is 10.4 Å². The van der Waals surface area contributed by atoms with Gasteiger partial charge in [0, 0.05) is 38.4 Å². The summed E-state index contributed by atoms with van der Waals surface area (Å²) in [5, 5.41) is 20.5. The molecule has 4 nitrogen and oxygen atoms in total. The molecule has 4 heteroatoms. The summed E-state index contributed by atoms with van der Waals surface area (Å²) in [4.78, 5) is 4.66. The molecule has 1 fully saturated rings. The van der Waals surface area contributed by atoms with E-state index in [4.69, 9.17) is 0 Å². The van der Waals surface area contributed by atoms with Crippen LogP contribution >= 0.6 is 0 Å². The number of anilines is 1. The molecule has 0 spiro atoms. The molecule has 4 rings (SSSR count). The van der Waals surface area contributed by atoms with Crippen LogP contribution < -0.4 is 4.90 Å². The number of nitriles is 1. The molecule has 0 saturated carbocycles. The molecule has 1 aliphatic heterocycles. The quantitative estimate of drug-likeness (QED) is 0.672. The van der Waals surface area contributed by atoms with Crippen molar-refractivity contribution >= 4 is 5.69 Å². The first-order valence-corrected chi connectivity index (χ1v) is 10.5. The topological polar surface area (TPSA) is 50.5 Å². The van der Waals surface area contributed by atoms with Gasteiger partial charge in [-0.05, 0) is 28.8 Å². The zero-order valence-corrected chi connectivity index (χ0v) is 17.1. The van der Waals surface area contributed by atoms with Gasteiger partial charge in [0.1, 0.15) is 0 Å². The molecule has 0 amide bonds.